The fourth-order valence-electron chi connectivity index (χ4n) is 3.92. The van der Waals surface area contributed by atoms with E-state index in [0.29, 0.717) is 39.9 Å². The van der Waals surface area contributed by atoms with E-state index in [0.717, 1.165) is 0 Å². The molecule has 0 saturated carbocycles. The Kier molecular flexibility index (Phi) is 7.16. The van der Waals surface area contributed by atoms with E-state index in [9.17, 15) is 10.1 Å². The molecule has 0 radical (unpaired) electrons. The lowest BCUT2D eigenvalue weighted by atomic mass is 9.83. The van der Waals surface area contributed by atoms with Crippen LogP contribution in [0.4, 0.5) is 0 Å². The SMILES string of the molecule is COc1ccc(OC)c(C2C(C#N)=C(N)Oc3cc(OC(=O)COc4ccccc4OC)ccc32)c1. The van der Waals surface area contributed by atoms with Crippen molar-refractivity contribution in [2.75, 3.05) is 27.9 Å². The zero-order valence-electron chi connectivity index (χ0n) is 19.9. The minimum Gasteiger partial charge on any atom is -0.497 e. The number of hydrogen-bond donors (Lipinski definition) is 1. The van der Waals surface area contributed by atoms with Crippen molar-refractivity contribution in [3.63, 3.8) is 0 Å². The summed E-state index contributed by atoms with van der Waals surface area (Å²) in [6.07, 6.45) is 0. The molecule has 3 aromatic rings. The summed E-state index contributed by atoms with van der Waals surface area (Å²) in [4.78, 5) is 12.4. The van der Waals surface area contributed by atoms with Gasteiger partial charge in [0.05, 0.1) is 27.2 Å². The third kappa shape index (κ3) is 4.83. The first-order valence-electron chi connectivity index (χ1n) is 10.9. The lowest BCUT2D eigenvalue weighted by molar-refractivity contribution is -0.136. The molecule has 1 aliphatic rings. The summed E-state index contributed by atoms with van der Waals surface area (Å²) in [5.41, 5.74) is 7.66. The maximum absolute atomic E-state index is 12.4. The van der Waals surface area contributed by atoms with Gasteiger partial charge in [0.25, 0.3) is 0 Å². The van der Waals surface area contributed by atoms with E-state index in [1.807, 2.05) is 0 Å². The number of nitrogens with two attached hydrogens (primary N) is 1. The number of methoxy groups -OCH3 is 3. The maximum Gasteiger partial charge on any atom is 0.349 e. The maximum atomic E-state index is 12.4. The van der Waals surface area contributed by atoms with E-state index < -0.39 is 11.9 Å². The van der Waals surface area contributed by atoms with Gasteiger partial charge in [-0.2, -0.15) is 5.26 Å². The average molecular weight is 488 g/mol. The van der Waals surface area contributed by atoms with Crippen molar-refractivity contribution in [2.24, 2.45) is 5.73 Å². The standard InChI is InChI=1S/C27H24N2O7/c1-31-16-9-11-21(32-2)19(12-16)26-18-10-8-17(13-24(18)36-27(29)20(26)14-28)35-25(30)15-34-23-7-5-4-6-22(23)33-3/h4-13,26H,15,29H2,1-3H3. The van der Waals surface area contributed by atoms with E-state index in [1.165, 1.54) is 13.2 Å². The second kappa shape index (κ2) is 10.6. The number of nitrogens with zero attached hydrogens (tertiary/aromatic N) is 1. The number of hydrogen-bond acceptors (Lipinski definition) is 9. The third-order valence-corrected chi connectivity index (χ3v) is 5.58. The van der Waals surface area contributed by atoms with Crippen LogP contribution in [-0.2, 0) is 4.79 Å². The molecule has 4 rings (SSSR count). The zero-order chi connectivity index (χ0) is 25.7. The Morgan fingerprint density at radius 3 is 2.33 bits per heavy atom. The summed E-state index contributed by atoms with van der Waals surface area (Å²) >= 11 is 0. The molecule has 3 aromatic carbocycles. The van der Waals surface area contributed by atoms with Crippen LogP contribution in [0.3, 0.4) is 0 Å². The van der Waals surface area contributed by atoms with Gasteiger partial charge in [-0.25, -0.2) is 4.79 Å². The molecule has 36 heavy (non-hydrogen) atoms. The van der Waals surface area contributed by atoms with Gasteiger partial charge in [-0.3, -0.25) is 0 Å². The van der Waals surface area contributed by atoms with E-state index in [4.69, 9.17) is 34.2 Å². The summed E-state index contributed by atoms with van der Waals surface area (Å²) in [5, 5.41) is 9.84. The second-order valence-corrected chi connectivity index (χ2v) is 7.65. The molecule has 184 valence electrons. The van der Waals surface area contributed by atoms with Gasteiger partial charge in [0.1, 0.15) is 34.6 Å². The first kappa shape index (κ1) is 24.3. The molecule has 2 N–H and O–H groups in total. The van der Waals surface area contributed by atoms with E-state index in [1.54, 1.807) is 68.8 Å². The van der Waals surface area contributed by atoms with Crippen LogP contribution in [0.25, 0.3) is 0 Å². The van der Waals surface area contributed by atoms with Crippen molar-refractivity contribution in [3.8, 4) is 40.6 Å². The van der Waals surface area contributed by atoms with Gasteiger partial charge in [0.15, 0.2) is 18.1 Å². The van der Waals surface area contributed by atoms with Gasteiger partial charge >= 0.3 is 5.97 Å². The number of ether oxygens (including phenoxy) is 6. The minimum atomic E-state index is -0.621. The molecule has 9 heteroatoms. The first-order chi connectivity index (χ1) is 17.5. The molecule has 0 saturated heterocycles. The van der Waals surface area contributed by atoms with Crippen molar-refractivity contribution in [3.05, 3.63) is 83.2 Å². The molecule has 0 aromatic heterocycles. The summed E-state index contributed by atoms with van der Waals surface area (Å²) in [7, 11) is 4.61. The van der Waals surface area contributed by atoms with E-state index in [2.05, 4.69) is 6.07 Å². The molecule has 0 fully saturated rings. The Balaban J connectivity index is 1.60. The van der Waals surface area contributed by atoms with Gasteiger partial charge in [-0.1, -0.05) is 18.2 Å². The molecule has 1 aliphatic heterocycles. The smallest absolute Gasteiger partial charge is 0.349 e. The summed E-state index contributed by atoms with van der Waals surface area (Å²) in [5.74, 6) is 1.39. The Morgan fingerprint density at radius 2 is 1.64 bits per heavy atom. The molecule has 1 atom stereocenters. The molecule has 0 aliphatic carbocycles. The van der Waals surface area contributed by atoms with Gasteiger partial charge in [0, 0.05) is 17.2 Å². The molecular weight excluding hydrogens is 464 g/mol. The fourth-order valence-corrected chi connectivity index (χ4v) is 3.92. The van der Waals surface area contributed by atoms with Crippen LogP contribution in [0, 0.1) is 11.3 Å². The second-order valence-electron chi connectivity index (χ2n) is 7.65. The highest BCUT2D eigenvalue weighted by atomic mass is 16.6. The van der Waals surface area contributed by atoms with Crippen LogP contribution in [0.15, 0.2) is 72.1 Å². The molecule has 1 unspecified atom stereocenters. The number of rotatable bonds is 8. The third-order valence-electron chi connectivity index (χ3n) is 5.58. The number of para-hydroxylation sites is 2. The number of nitriles is 1. The number of allylic oxidation sites excluding steroid dienone is 1. The van der Waals surface area contributed by atoms with Crippen LogP contribution in [0.5, 0.6) is 34.5 Å². The van der Waals surface area contributed by atoms with Crippen LogP contribution >= 0.6 is 0 Å². The van der Waals surface area contributed by atoms with Crippen LogP contribution in [0.1, 0.15) is 17.0 Å². The summed E-state index contributed by atoms with van der Waals surface area (Å²) in [6.45, 7) is -0.331. The Hall–Kier alpha value is -4.84. The Bertz CT molecular complexity index is 1360. The minimum absolute atomic E-state index is 0.0529. The van der Waals surface area contributed by atoms with Crippen molar-refractivity contribution in [2.45, 2.75) is 5.92 Å². The highest BCUT2D eigenvalue weighted by Gasteiger charge is 2.33. The summed E-state index contributed by atoms with van der Waals surface area (Å²) in [6, 6.07) is 19.3. The van der Waals surface area contributed by atoms with Gasteiger partial charge in [0.2, 0.25) is 5.88 Å². The topological polar surface area (TPSA) is 122 Å². The normalized spacial score (nSPS) is 14.1. The van der Waals surface area contributed by atoms with Crippen molar-refractivity contribution >= 4 is 5.97 Å². The van der Waals surface area contributed by atoms with Gasteiger partial charge < -0.3 is 34.2 Å². The van der Waals surface area contributed by atoms with Gasteiger partial charge in [-0.05, 0) is 36.4 Å². The lowest BCUT2D eigenvalue weighted by Gasteiger charge is -2.28. The van der Waals surface area contributed by atoms with Crippen molar-refractivity contribution < 1.29 is 33.2 Å². The number of fused-ring (bicyclic) bond motifs is 1. The number of esters is 1. The number of carbonyl (C=O) groups is 1. The zero-order valence-corrected chi connectivity index (χ0v) is 19.9. The quantitative estimate of drug-likeness (QED) is 0.371. The van der Waals surface area contributed by atoms with E-state index in [-0.39, 0.29) is 23.8 Å². The summed E-state index contributed by atoms with van der Waals surface area (Å²) < 4.78 is 32.8. The first-order valence-corrected chi connectivity index (χ1v) is 10.9. The molecular formula is C27H24N2O7. The monoisotopic (exact) mass is 488 g/mol. The molecule has 1 heterocycles. The van der Waals surface area contributed by atoms with Crippen LogP contribution in [-0.4, -0.2) is 33.9 Å². The molecule has 0 spiro atoms. The van der Waals surface area contributed by atoms with Crippen molar-refractivity contribution in [1.82, 2.24) is 0 Å². The highest BCUT2D eigenvalue weighted by molar-refractivity contribution is 5.74. The van der Waals surface area contributed by atoms with Crippen LogP contribution in [0.2, 0.25) is 0 Å². The largest absolute Gasteiger partial charge is 0.497 e. The van der Waals surface area contributed by atoms with E-state index >= 15 is 0 Å². The average Bonchev–Trinajstić information content (AvgIpc) is 2.90. The lowest BCUT2D eigenvalue weighted by Crippen LogP contribution is -2.22. The highest BCUT2D eigenvalue weighted by Crippen LogP contribution is 2.46. The predicted molar refractivity (Wildman–Crippen MR) is 129 cm³/mol. The fraction of sp³-hybridized carbons (Fsp3) is 0.185. The number of benzene rings is 3. The molecule has 0 amide bonds. The van der Waals surface area contributed by atoms with Crippen molar-refractivity contribution in [1.29, 1.82) is 5.26 Å². The van der Waals surface area contributed by atoms with Gasteiger partial charge in [-0.15, -0.1) is 0 Å². The predicted octanol–water partition coefficient (Wildman–Crippen LogP) is 3.91. The Morgan fingerprint density at radius 1 is 0.917 bits per heavy atom. The Labute approximate surface area is 208 Å². The molecule has 9 nitrogen and oxygen atoms in total. The number of carbonyl (C=O) groups excluding carboxylic acids is 1. The van der Waals surface area contributed by atoms with Crippen LogP contribution < -0.4 is 34.2 Å². The molecule has 0 bridgehead atoms.